The minimum Gasteiger partial charge on any atom is -0.481 e. The molecule has 6 nitrogen and oxygen atoms in total. The summed E-state index contributed by atoms with van der Waals surface area (Å²) in [7, 11) is 0. The zero-order chi connectivity index (χ0) is 3.58. The number of aliphatic carboxylic acids is 1. The van der Waals surface area contributed by atoms with Gasteiger partial charge in [-0.3, -0.25) is 4.79 Å². The maximum Gasteiger partial charge on any atom is 0.300 e. The van der Waals surface area contributed by atoms with E-state index in [4.69, 9.17) is 9.90 Å². The molecule has 0 aliphatic rings. The number of rotatable bonds is 0. The molecular weight excluding hydrogens is 211 g/mol. The van der Waals surface area contributed by atoms with Crippen molar-refractivity contribution in [1.82, 2.24) is 0 Å². The van der Waals surface area contributed by atoms with E-state index in [-0.39, 0.29) is 48.1 Å². The van der Waals surface area contributed by atoms with Gasteiger partial charge in [0.1, 0.15) is 0 Å². The van der Waals surface area contributed by atoms with E-state index < -0.39 is 5.97 Å². The van der Waals surface area contributed by atoms with Gasteiger partial charge in [0.2, 0.25) is 0 Å². The third-order valence-electron chi connectivity index (χ3n) is 0. The van der Waals surface area contributed by atoms with Crippen molar-refractivity contribution < 1.29 is 58.0 Å². The number of carboxylic acids is 1. The number of hydrogen-bond donors (Lipinski definition) is 1. The molecule has 0 bridgehead atoms. The second kappa shape index (κ2) is 41.6. The van der Waals surface area contributed by atoms with Gasteiger partial charge in [0.25, 0.3) is 5.97 Å². The van der Waals surface area contributed by atoms with Gasteiger partial charge < -0.3 is 27.0 Å². The number of carbonyl (C=O) groups is 1. The Kier molecular flexibility index (Phi) is 280. The molecule has 0 aliphatic carbocycles. The van der Waals surface area contributed by atoms with Crippen LogP contribution in [0.5, 0.6) is 0 Å². The summed E-state index contributed by atoms with van der Waals surface area (Å²) in [4.78, 5) is 9.00. The summed E-state index contributed by atoms with van der Waals surface area (Å²) in [6.45, 7) is 1.08. The van der Waals surface area contributed by atoms with E-state index in [0.717, 1.165) is 6.92 Å². The molecule has 0 amide bonds. The first kappa shape index (κ1) is 60.5. The van der Waals surface area contributed by atoms with Crippen LogP contribution in [0, 0.1) is 0 Å². The van der Waals surface area contributed by atoms with Gasteiger partial charge in [-0.05, 0) is 0 Å². The second-order valence-corrected chi connectivity index (χ2v) is 0.519. The van der Waals surface area contributed by atoms with Crippen molar-refractivity contribution in [3.05, 3.63) is 0 Å². The van der Waals surface area contributed by atoms with Gasteiger partial charge in [0.15, 0.2) is 0 Å². The Hall–Kier alpha value is 0.193. The van der Waals surface area contributed by atoms with Crippen LogP contribution in [0.1, 0.15) is 6.92 Å². The monoisotopic (exact) mass is 222 g/mol. The largest absolute Gasteiger partial charge is 0.481 e. The van der Waals surface area contributed by atoms with Crippen LogP contribution in [-0.2, 0) is 31.0 Å². The predicted molar refractivity (Wildman–Crippen MR) is 27.8 cm³/mol. The molecule has 0 atom stereocenters. The van der Waals surface area contributed by atoms with Crippen molar-refractivity contribution in [3.8, 4) is 0 Å². The quantitative estimate of drug-likeness (QED) is 0.457. The fourth-order valence-corrected chi connectivity index (χ4v) is 0. The number of hydrogen-bond acceptors (Lipinski definition) is 1. The fourth-order valence-electron chi connectivity index (χ4n) is 0. The Morgan fingerprint density at radius 3 is 1.11 bits per heavy atom. The molecule has 0 saturated carbocycles. The van der Waals surface area contributed by atoms with E-state index in [1.807, 2.05) is 0 Å². The Bertz CT molecular complexity index is 34.0. The van der Waals surface area contributed by atoms with Crippen LogP contribution in [0.15, 0.2) is 0 Å². The van der Waals surface area contributed by atoms with Crippen LogP contribution in [0.3, 0.4) is 0 Å². The topological polar surface area (TPSA) is 163 Å². The van der Waals surface area contributed by atoms with Crippen molar-refractivity contribution >= 4 is 5.97 Å². The summed E-state index contributed by atoms with van der Waals surface area (Å²) in [5.41, 5.74) is 0. The third kappa shape index (κ3) is 8430. The summed E-state index contributed by atoms with van der Waals surface area (Å²) in [5.74, 6) is -0.833. The summed E-state index contributed by atoms with van der Waals surface area (Å²) in [5, 5.41) is 7.42. The van der Waals surface area contributed by atoms with Crippen molar-refractivity contribution in [3.63, 3.8) is 0 Å². The van der Waals surface area contributed by atoms with E-state index >= 15 is 0 Å². The molecule has 7 heteroatoms. The molecular formula is C2H12O6Zr. The summed E-state index contributed by atoms with van der Waals surface area (Å²) < 4.78 is 0. The number of carboxylic acid groups (broad SMARTS) is 1. The first-order chi connectivity index (χ1) is 1.73. The molecule has 9 heavy (non-hydrogen) atoms. The predicted octanol–water partition coefficient (Wildman–Crippen LogP) is -3.21. The van der Waals surface area contributed by atoms with E-state index in [1.165, 1.54) is 0 Å². The minimum absolute atomic E-state index is 0. The van der Waals surface area contributed by atoms with Crippen molar-refractivity contribution in [2.75, 3.05) is 0 Å². The minimum atomic E-state index is -0.833. The van der Waals surface area contributed by atoms with E-state index in [1.54, 1.807) is 0 Å². The molecule has 0 rings (SSSR count). The molecule has 0 aliphatic heterocycles. The van der Waals surface area contributed by atoms with Crippen LogP contribution in [0.25, 0.3) is 0 Å². The van der Waals surface area contributed by atoms with Gasteiger partial charge >= 0.3 is 0 Å². The van der Waals surface area contributed by atoms with Crippen LogP contribution in [-0.4, -0.2) is 33.0 Å². The molecule has 0 aromatic rings. The van der Waals surface area contributed by atoms with Crippen LogP contribution in [0.4, 0.5) is 0 Å². The van der Waals surface area contributed by atoms with Crippen LogP contribution in [0.2, 0.25) is 0 Å². The molecule has 0 fully saturated rings. The summed E-state index contributed by atoms with van der Waals surface area (Å²) in [6, 6.07) is 0. The Morgan fingerprint density at radius 2 is 1.11 bits per heavy atom. The van der Waals surface area contributed by atoms with Gasteiger partial charge in [-0.2, -0.15) is 0 Å². The average Bonchev–Trinajstić information content (AvgIpc) is 0.811. The first-order valence-corrected chi connectivity index (χ1v) is 0.928. The van der Waals surface area contributed by atoms with Crippen molar-refractivity contribution in [2.24, 2.45) is 0 Å². The average molecular weight is 223 g/mol. The van der Waals surface area contributed by atoms with Gasteiger partial charge in [0, 0.05) is 33.1 Å². The first-order valence-electron chi connectivity index (χ1n) is 0.928. The molecule has 0 heterocycles. The van der Waals surface area contributed by atoms with Gasteiger partial charge in [-0.1, -0.05) is 0 Å². The smallest absolute Gasteiger partial charge is 0.300 e. The summed E-state index contributed by atoms with van der Waals surface area (Å²) in [6.07, 6.45) is 0. The standard InChI is InChI=1S/C2H4O2.4H2O.Zr/c1-2(3)4;;;;;/h1H3,(H,3,4);4*1H2;. The molecule has 0 unspecified atom stereocenters. The van der Waals surface area contributed by atoms with Gasteiger partial charge in [-0.15, -0.1) is 0 Å². The van der Waals surface area contributed by atoms with Gasteiger partial charge in [0.05, 0.1) is 0 Å². The van der Waals surface area contributed by atoms with Gasteiger partial charge in [-0.25, -0.2) is 0 Å². The maximum absolute atomic E-state index is 9.00. The normalized spacial score (nSPS) is 2.78. The molecule has 0 spiro atoms. The van der Waals surface area contributed by atoms with Crippen LogP contribution >= 0.6 is 0 Å². The SMILES string of the molecule is CC(=O)O.O.O.O.O.[Zr]. The maximum atomic E-state index is 9.00. The molecule has 60 valence electrons. The zero-order valence-corrected chi connectivity index (χ0v) is 7.31. The third-order valence-corrected chi connectivity index (χ3v) is 0. The molecule has 0 aromatic carbocycles. The molecule has 0 radical (unpaired) electrons. The Balaban J connectivity index is -0.00000000450. The van der Waals surface area contributed by atoms with Crippen molar-refractivity contribution in [1.29, 1.82) is 0 Å². The van der Waals surface area contributed by atoms with E-state index in [9.17, 15) is 0 Å². The molecule has 9 N–H and O–H groups in total. The second-order valence-electron chi connectivity index (χ2n) is 0.519. The summed E-state index contributed by atoms with van der Waals surface area (Å²) >= 11 is 0. The van der Waals surface area contributed by atoms with Crippen molar-refractivity contribution in [2.45, 2.75) is 6.92 Å². The zero-order valence-electron chi connectivity index (χ0n) is 4.86. The van der Waals surface area contributed by atoms with E-state index in [2.05, 4.69) is 0 Å². The van der Waals surface area contributed by atoms with Crippen LogP contribution < -0.4 is 0 Å². The molecule has 0 saturated heterocycles. The van der Waals surface area contributed by atoms with E-state index in [0.29, 0.717) is 0 Å². The Morgan fingerprint density at radius 1 is 1.11 bits per heavy atom. The Labute approximate surface area is 71.2 Å². The molecule has 0 aromatic heterocycles. The fraction of sp³-hybridized carbons (Fsp3) is 0.500.